The predicted octanol–water partition coefficient (Wildman–Crippen LogP) is 7.68. The van der Waals surface area contributed by atoms with E-state index < -0.39 is 0 Å². The van der Waals surface area contributed by atoms with E-state index in [2.05, 4.69) is 34.6 Å². The largest absolute Gasteiger partial charge is 0.299 e. The Morgan fingerprint density at radius 2 is 1.76 bits per heavy atom. The third kappa shape index (κ3) is 2.73. The first kappa shape index (κ1) is 20.6. The molecule has 0 aromatic heterocycles. The van der Waals surface area contributed by atoms with Crippen LogP contribution < -0.4 is 0 Å². The average Bonchev–Trinajstić information content (AvgIpc) is 3.30. The first-order chi connectivity index (χ1) is 13.7. The van der Waals surface area contributed by atoms with E-state index in [1.807, 2.05) is 0 Å². The minimum Gasteiger partial charge on any atom is -0.299 e. The summed E-state index contributed by atoms with van der Waals surface area (Å²) in [6.07, 6.45) is 16.2. The van der Waals surface area contributed by atoms with E-state index in [9.17, 15) is 4.79 Å². The molecular weight excluding hydrogens is 352 g/mol. The molecule has 0 unspecified atom stereocenters. The molecule has 0 amide bonds. The Labute approximate surface area is 180 Å². The van der Waals surface area contributed by atoms with Crippen molar-refractivity contribution in [3.63, 3.8) is 0 Å². The molecule has 0 aromatic carbocycles. The number of rotatable bonds is 5. The highest BCUT2D eigenvalue weighted by atomic mass is 16.1. The summed E-state index contributed by atoms with van der Waals surface area (Å²) in [4.78, 5) is 13.6. The fourth-order valence-electron chi connectivity index (χ4n) is 10.3. The Balaban J connectivity index is 1.35. The molecular formula is C28H46O. The molecule has 1 nitrogen and oxygen atoms in total. The van der Waals surface area contributed by atoms with Crippen LogP contribution in [0.15, 0.2) is 0 Å². The number of carbonyl (C=O) groups excluding carboxylic acids is 1. The number of Topliss-reactive ketones (excluding diaryl/α,β-unsaturated/α-hetero) is 1. The molecule has 5 aliphatic carbocycles. The van der Waals surface area contributed by atoms with E-state index in [0.29, 0.717) is 22.5 Å². The molecule has 1 spiro atoms. The molecule has 0 aliphatic heterocycles. The van der Waals surface area contributed by atoms with Gasteiger partial charge in [-0.2, -0.15) is 0 Å². The van der Waals surface area contributed by atoms with Crippen LogP contribution in [-0.2, 0) is 4.79 Å². The van der Waals surface area contributed by atoms with Crippen LogP contribution in [-0.4, -0.2) is 5.78 Å². The number of ketones is 1. The molecule has 5 rings (SSSR count). The minimum atomic E-state index is 0.141. The van der Waals surface area contributed by atoms with Gasteiger partial charge >= 0.3 is 0 Å². The van der Waals surface area contributed by atoms with E-state index in [1.54, 1.807) is 0 Å². The van der Waals surface area contributed by atoms with Gasteiger partial charge in [-0.3, -0.25) is 4.79 Å². The van der Waals surface area contributed by atoms with Crippen molar-refractivity contribution < 1.29 is 4.79 Å². The van der Waals surface area contributed by atoms with Crippen LogP contribution >= 0.6 is 0 Å². The molecule has 0 aromatic rings. The maximum atomic E-state index is 13.6. The maximum Gasteiger partial charge on any atom is 0.140 e. The van der Waals surface area contributed by atoms with Crippen LogP contribution in [0.25, 0.3) is 0 Å². The SMILES string of the molecule is CC(C)CCC[C@@H](C)[C@H]1CC[C@H]2[C@@H]3CC(=O)[C@@]45C[C@@H]4CCC[C@]5(C)[C@H]3CC[C@]12C. The van der Waals surface area contributed by atoms with E-state index in [1.165, 1.54) is 70.6 Å². The Bertz CT molecular complexity index is 665. The highest BCUT2D eigenvalue weighted by Gasteiger charge is 2.75. The van der Waals surface area contributed by atoms with Gasteiger partial charge in [-0.25, -0.2) is 0 Å². The zero-order chi connectivity index (χ0) is 20.6. The van der Waals surface area contributed by atoms with Crippen molar-refractivity contribution in [2.75, 3.05) is 0 Å². The van der Waals surface area contributed by atoms with E-state index in [0.717, 1.165) is 41.9 Å². The normalized spacial score (nSPS) is 51.8. The van der Waals surface area contributed by atoms with E-state index >= 15 is 0 Å². The van der Waals surface area contributed by atoms with Crippen LogP contribution in [0.4, 0.5) is 0 Å². The summed E-state index contributed by atoms with van der Waals surface area (Å²) in [6.45, 7) is 12.5. The van der Waals surface area contributed by atoms with Gasteiger partial charge in [0.2, 0.25) is 0 Å². The van der Waals surface area contributed by atoms with Crippen molar-refractivity contribution >= 4 is 5.78 Å². The summed E-state index contributed by atoms with van der Waals surface area (Å²) in [6, 6.07) is 0. The van der Waals surface area contributed by atoms with Crippen LogP contribution in [0, 0.1) is 57.7 Å². The second-order valence-electron chi connectivity index (χ2n) is 13.2. The molecule has 0 heterocycles. The van der Waals surface area contributed by atoms with Gasteiger partial charge < -0.3 is 0 Å². The monoisotopic (exact) mass is 398 g/mol. The lowest BCUT2D eigenvalue weighted by Gasteiger charge is -2.60. The highest BCUT2D eigenvalue weighted by Crippen LogP contribution is 2.78. The molecule has 0 bridgehead atoms. The molecule has 9 atom stereocenters. The number of hydrogen-bond acceptors (Lipinski definition) is 1. The van der Waals surface area contributed by atoms with Crippen LogP contribution in [0.3, 0.4) is 0 Å². The first-order valence-electron chi connectivity index (χ1n) is 13.3. The van der Waals surface area contributed by atoms with Crippen molar-refractivity contribution in [3.8, 4) is 0 Å². The molecule has 164 valence electrons. The third-order valence-corrected chi connectivity index (χ3v) is 11.7. The van der Waals surface area contributed by atoms with Gasteiger partial charge in [-0.15, -0.1) is 0 Å². The summed E-state index contributed by atoms with van der Waals surface area (Å²) in [5, 5.41) is 0. The van der Waals surface area contributed by atoms with Gasteiger partial charge in [0.1, 0.15) is 5.78 Å². The molecule has 5 aliphatic rings. The average molecular weight is 399 g/mol. The Morgan fingerprint density at radius 1 is 0.966 bits per heavy atom. The van der Waals surface area contributed by atoms with E-state index in [4.69, 9.17) is 0 Å². The standard InChI is InChI=1S/C28H46O/c1-18(2)8-6-9-19(3)22-11-12-23-21-16-25(29)28-17-20(28)10-7-14-27(28,5)24(21)13-15-26(22,23)4/h18-24H,6-17H2,1-5H3/t19-,20+,21+,22-,23+,24+,26-,27-,28-/m1/s1. The Kier molecular flexibility index (Phi) is 4.85. The van der Waals surface area contributed by atoms with Crippen LogP contribution in [0.1, 0.15) is 112 Å². The van der Waals surface area contributed by atoms with Gasteiger partial charge in [0.05, 0.1) is 0 Å². The maximum absolute atomic E-state index is 13.6. The van der Waals surface area contributed by atoms with Crippen molar-refractivity contribution in [2.24, 2.45) is 57.7 Å². The molecule has 1 heteroatoms. The van der Waals surface area contributed by atoms with Crippen LogP contribution in [0.2, 0.25) is 0 Å². The summed E-state index contributed by atoms with van der Waals surface area (Å²) < 4.78 is 0. The zero-order valence-electron chi connectivity index (χ0n) is 19.9. The second kappa shape index (κ2) is 6.83. The fourth-order valence-corrected chi connectivity index (χ4v) is 10.3. The topological polar surface area (TPSA) is 17.1 Å². The lowest BCUT2D eigenvalue weighted by atomic mass is 9.43. The molecule has 5 saturated carbocycles. The molecule has 0 N–H and O–H groups in total. The third-order valence-electron chi connectivity index (χ3n) is 11.7. The Morgan fingerprint density at radius 3 is 2.52 bits per heavy atom. The first-order valence-corrected chi connectivity index (χ1v) is 13.3. The molecule has 0 radical (unpaired) electrons. The van der Waals surface area contributed by atoms with Gasteiger partial charge in [0, 0.05) is 11.8 Å². The molecule has 29 heavy (non-hydrogen) atoms. The predicted molar refractivity (Wildman–Crippen MR) is 121 cm³/mol. The van der Waals surface area contributed by atoms with E-state index in [-0.39, 0.29) is 5.41 Å². The van der Waals surface area contributed by atoms with Crippen molar-refractivity contribution in [1.29, 1.82) is 0 Å². The smallest absolute Gasteiger partial charge is 0.140 e. The second-order valence-corrected chi connectivity index (χ2v) is 13.2. The van der Waals surface area contributed by atoms with Crippen molar-refractivity contribution in [3.05, 3.63) is 0 Å². The Hall–Kier alpha value is -0.330. The fraction of sp³-hybridized carbons (Fsp3) is 0.964. The summed E-state index contributed by atoms with van der Waals surface area (Å²) >= 11 is 0. The summed E-state index contributed by atoms with van der Waals surface area (Å²) in [7, 11) is 0. The van der Waals surface area contributed by atoms with Gasteiger partial charge in [-0.1, -0.05) is 60.3 Å². The van der Waals surface area contributed by atoms with Crippen molar-refractivity contribution in [2.45, 2.75) is 112 Å². The number of fused-ring (bicyclic) bond motifs is 4. The van der Waals surface area contributed by atoms with Gasteiger partial charge in [0.15, 0.2) is 0 Å². The quantitative estimate of drug-likeness (QED) is 0.464. The van der Waals surface area contributed by atoms with Crippen LogP contribution in [0.5, 0.6) is 0 Å². The van der Waals surface area contributed by atoms with Gasteiger partial charge in [-0.05, 0) is 97.2 Å². The van der Waals surface area contributed by atoms with Gasteiger partial charge in [0.25, 0.3) is 0 Å². The summed E-state index contributed by atoms with van der Waals surface area (Å²) in [5.41, 5.74) is 0.998. The summed E-state index contributed by atoms with van der Waals surface area (Å²) in [5.74, 6) is 6.47. The van der Waals surface area contributed by atoms with Crippen molar-refractivity contribution in [1.82, 2.24) is 0 Å². The highest BCUT2D eigenvalue weighted by molar-refractivity contribution is 5.90. The molecule has 5 fully saturated rings. The lowest BCUT2D eigenvalue weighted by molar-refractivity contribution is -0.159. The lowest BCUT2D eigenvalue weighted by Crippen LogP contribution is -2.57. The minimum absolute atomic E-state index is 0.141. The number of carbonyl (C=O) groups is 1. The molecule has 0 saturated heterocycles. The number of hydrogen-bond donors (Lipinski definition) is 0. The zero-order valence-corrected chi connectivity index (χ0v) is 19.9.